The highest BCUT2D eigenvalue weighted by molar-refractivity contribution is 5.81. The van der Waals surface area contributed by atoms with Crippen molar-refractivity contribution in [3.8, 4) is 5.69 Å². The molecule has 3 aromatic rings. The molecule has 0 saturated carbocycles. The number of aromatic nitrogens is 2. The molecule has 0 amide bonds. The lowest BCUT2D eigenvalue weighted by Gasteiger charge is -2.08. The Morgan fingerprint density at radius 1 is 1.00 bits per heavy atom. The van der Waals surface area contributed by atoms with Gasteiger partial charge < -0.3 is 0 Å². The van der Waals surface area contributed by atoms with Gasteiger partial charge in [0.25, 0.3) is 0 Å². The minimum atomic E-state index is 0.727. The molecular weight excluding hydrogens is 248 g/mol. The van der Waals surface area contributed by atoms with Gasteiger partial charge in [-0.3, -0.25) is 9.36 Å². The van der Waals surface area contributed by atoms with Crippen molar-refractivity contribution < 1.29 is 4.79 Å². The van der Waals surface area contributed by atoms with Crippen molar-refractivity contribution in [2.45, 2.75) is 20.8 Å². The van der Waals surface area contributed by atoms with Crippen molar-refractivity contribution >= 4 is 17.3 Å². The summed E-state index contributed by atoms with van der Waals surface area (Å²) >= 11 is 0. The summed E-state index contributed by atoms with van der Waals surface area (Å²) in [6.07, 6.45) is 2.72. The summed E-state index contributed by atoms with van der Waals surface area (Å²) in [7, 11) is 0. The second kappa shape index (κ2) is 4.60. The number of rotatable bonds is 2. The summed E-state index contributed by atoms with van der Waals surface area (Å²) in [5.41, 5.74) is 7.31. The molecular formula is C17H16N2O. The van der Waals surface area contributed by atoms with Crippen LogP contribution in [-0.4, -0.2) is 15.8 Å². The number of carbonyl (C=O) groups excluding carboxylic acids is 1. The second-order valence-corrected chi connectivity index (χ2v) is 5.20. The Kier molecular flexibility index (Phi) is 2.90. The third-order valence-electron chi connectivity index (χ3n) is 3.82. The van der Waals surface area contributed by atoms with E-state index >= 15 is 0 Å². The molecule has 0 bridgehead atoms. The predicted octanol–water partition coefficient (Wildman–Crippen LogP) is 3.76. The Morgan fingerprint density at radius 3 is 2.45 bits per heavy atom. The van der Waals surface area contributed by atoms with Crippen molar-refractivity contribution in [2.24, 2.45) is 0 Å². The van der Waals surface area contributed by atoms with Crippen LogP contribution in [-0.2, 0) is 0 Å². The fourth-order valence-corrected chi connectivity index (χ4v) is 2.41. The number of carbonyl (C=O) groups is 1. The van der Waals surface area contributed by atoms with Crippen LogP contribution in [0.4, 0.5) is 0 Å². The number of hydrogen-bond donors (Lipinski definition) is 0. The molecule has 1 aromatic heterocycles. The standard InChI is InChI=1S/C17H16N2O/c1-11-7-16-17(8-12(11)2)19(10-18-16)15-5-4-14(9-20)13(3)6-15/h4-10H,1-3H3. The molecule has 0 N–H and O–H groups in total. The minimum absolute atomic E-state index is 0.727. The van der Waals surface area contributed by atoms with E-state index in [4.69, 9.17) is 0 Å². The molecule has 0 atom stereocenters. The number of fused-ring (bicyclic) bond motifs is 1. The van der Waals surface area contributed by atoms with Gasteiger partial charge in [0.1, 0.15) is 12.6 Å². The van der Waals surface area contributed by atoms with Crippen molar-refractivity contribution in [1.29, 1.82) is 0 Å². The van der Waals surface area contributed by atoms with E-state index in [2.05, 4.69) is 35.5 Å². The highest BCUT2D eigenvalue weighted by atomic mass is 16.1. The first kappa shape index (κ1) is 12.6. The van der Waals surface area contributed by atoms with Gasteiger partial charge in [-0.05, 0) is 67.8 Å². The fourth-order valence-electron chi connectivity index (χ4n) is 2.41. The van der Waals surface area contributed by atoms with Gasteiger partial charge in [0, 0.05) is 11.3 Å². The van der Waals surface area contributed by atoms with Crippen LogP contribution in [0.1, 0.15) is 27.0 Å². The lowest BCUT2D eigenvalue weighted by Crippen LogP contribution is -1.95. The summed E-state index contributed by atoms with van der Waals surface area (Å²) in [6.45, 7) is 6.14. The van der Waals surface area contributed by atoms with Gasteiger partial charge >= 0.3 is 0 Å². The molecule has 0 aliphatic heterocycles. The Morgan fingerprint density at radius 2 is 1.75 bits per heavy atom. The Hall–Kier alpha value is -2.42. The molecule has 2 aromatic carbocycles. The van der Waals surface area contributed by atoms with E-state index < -0.39 is 0 Å². The molecule has 0 aliphatic rings. The second-order valence-electron chi connectivity index (χ2n) is 5.20. The van der Waals surface area contributed by atoms with Gasteiger partial charge in [0.2, 0.25) is 0 Å². The molecule has 3 nitrogen and oxygen atoms in total. The molecule has 0 fully saturated rings. The molecule has 0 saturated heterocycles. The summed E-state index contributed by atoms with van der Waals surface area (Å²) in [5, 5.41) is 0. The monoisotopic (exact) mass is 264 g/mol. The lowest BCUT2D eigenvalue weighted by atomic mass is 10.1. The molecule has 3 heteroatoms. The molecule has 100 valence electrons. The lowest BCUT2D eigenvalue weighted by molar-refractivity contribution is 0.112. The number of hydrogen-bond acceptors (Lipinski definition) is 2. The largest absolute Gasteiger partial charge is 0.299 e. The Balaban J connectivity index is 2.22. The van der Waals surface area contributed by atoms with Crippen LogP contribution in [0.2, 0.25) is 0 Å². The Labute approximate surface area is 117 Å². The maximum absolute atomic E-state index is 10.9. The van der Waals surface area contributed by atoms with Crippen molar-refractivity contribution in [2.75, 3.05) is 0 Å². The van der Waals surface area contributed by atoms with E-state index in [1.54, 1.807) is 0 Å². The molecule has 0 unspecified atom stereocenters. The maximum Gasteiger partial charge on any atom is 0.150 e. The normalized spacial score (nSPS) is 10.9. The molecule has 1 heterocycles. The first-order valence-corrected chi connectivity index (χ1v) is 6.60. The predicted molar refractivity (Wildman–Crippen MR) is 80.7 cm³/mol. The maximum atomic E-state index is 10.9. The van der Waals surface area contributed by atoms with Crippen LogP contribution < -0.4 is 0 Å². The number of nitrogens with zero attached hydrogens (tertiary/aromatic N) is 2. The van der Waals surface area contributed by atoms with Crippen LogP contribution >= 0.6 is 0 Å². The highest BCUT2D eigenvalue weighted by Crippen LogP contribution is 2.22. The number of aryl methyl sites for hydroxylation is 3. The zero-order valence-electron chi connectivity index (χ0n) is 11.8. The van der Waals surface area contributed by atoms with Crippen LogP contribution in [0, 0.1) is 20.8 Å². The van der Waals surface area contributed by atoms with Crippen molar-refractivity contribution in [3.63, 3.8) is 0 Å². The van der Waals surface area contributed by atoms with E-state index in [-0.39, 0.29) is 0 Å². The Bertz CT molecular complexity index is 815. The number of aldehydes is 1. The molecule has 0 spiro atoms. The summed E-state index contributed by atoms with van der Waals surface area (Å²) in [5.74, 6) is 0. The van der Waals surface area contributed by atoms with Gasteiger partial charge in [0.05, 0.1) is 11.0 Å². The SMILES string of the molecule is Cc1cc2ncn(-c3ccc(C=O)c(C)c3)c2cc1C. The minimum Gasteiger partial charge on any atom is -0.299 e. The fraction of sp³-hybridized carbons (Fsp3) is 0.176. The van der Waals surface area contributed by atoms with E-state index in [9.17, 15) is 4.79 Å². The summed E-state index contributed by atoms with van der Waals surface area (Å²) in [6, 6.07) is 10.1. The van der Waals surface area contributed by atoms with Crippen LogP contribution in [0.5, 0.6) is 0 Å². The average molecular weight is 264 g/mol. The van der Waals surface area contributed by atoms with E-state index in [0.717, 1.165) is 34.1 Å². The van der Waals surface area contributed by atoms with E-state index in [0.29, 0.717) is 0 Å². The first-order chi connectivity index (χ1) is 9.60. The van der Waals surface area contributed by atoms with E-state index in [1.807, 2.05) is 31.5 Å². The van der Waals surface area contributed by atoms with Crippen LogP contribution in [0.25, 0.3) is 16.7 Å². The van der Waals surface area contributed by atoms with Crippen molar-refractivity contribution in [1.82, 2.24) is 9.55 Å². The summed E-state index contributed by atoms with van der Waals surface area (Å²) < 4.78 is 2.06. The summed E-state index contributed by atoms with van der Waals surface area (Å²) in [4.78, 5) is 15.4. The van der Waals surface area contributed by atoms with Gasteiger partial charge in [-0.25, -0.2) is 4.98 Å². The van der Waals surface area contributed by atoms with Crippen molar-refractivity contribution in [3.05, 3.63) is 58.9 Å². The average Bonchev–Trinajstić information content (AvgIpc) is 2.82. The van der Waals surface area contributed by atoms with Crippen LogP contribution in [0.3, 0.4) is 0 Å². The molecule has 0 aliphatic carbocycles. The number of benzene rings is 2. The quantitative estimate of drug-likeness (QED) is 0.660. The smallest absolute Gasteiger partial charge is 0.150 e. The third kappa shape index (κ3) is 1.92. The molecule has 20 heavy (non-hydrogen) atoms. The topological polar surface area (TPSA) is 34.9 Å². The van der Waals surface area contributed by atoms with Gasteiger partial charge in [-0.2, -0.15) is 0 Å². The van der Waals surface area contributed by atoms with Gasteiger partial charge in [-0.15, -0.1) is 0 Å². The van der Waals surface area contributed by atoms with Gasteiger partial charge in [0.15, 0.2) is 0 Å². The highest BCUT2D eigenvalue weighted by Gasteiger charge is 2.07. The zero-order valence-corrected chi connectivity index (χ0v) is 11.8. The third-order valence-corrected chi connectivity index (χ3v) is 3.82. The number of imidazole rings is 1. The van der Waals surface area contributed by atoms with Gasteiger partial charge in [-0.1, -0.05) is 0 Å². The van der Waals surface area contributed by atoms with Crippen LogP contribution in [0.15, 0.2) is 36.7 Å². The molecule has 3 rings (SSSR count). The zero-order chi connectivity index (χ0) is 14.3. The van der Waals surface area contributed by atoms with E-state index in [1.165, 1.54) is 11.1 Å². The molecule has 0 radical (unpaired) electrons. The first-order valence-electron chi connectivity index (χ1n) is 6.60.